The Morgan fingerprint density at radius 1 is 1.25 bits per heavy atom. The van der Waals surface area contributed by atoms with Crippen molar-refractivity contribution in [2.45, 2.75) is 25.6 Å². The second kappa shape index (κ2) is 5.28. The van der Waals surface area contributed by atoms with Gasteiger partial charge in [0.1, 0.15) is 0 Å². The normalized spacial score (nSPS) is 13.5. The predicted octanol–water partition coefficient (Wildman–Crippen LogP) is 3.05. The lowest BCUT2D eigenvalue weighted by Crippen LogP contribution is -2.13. The van der Waals surface area contributed by atoms with Gasteiger partial charge in [-0.2, -0.15) is 18.3 Å². The van der Waals surface area contributed by atoms with Gasteiger partial charge in [0.05, 0.1) is 17.3 Å². The maximum absolute atomic E-state index is 12.5. The number of nitrogens with zero attached hydrogens (tertiary/aromatic N) is 2. The summed E-state index contributed by atoms with van der Waals surface area (Å²) in [6.07, 6.45) is -1.79. The van der Waals surface area contributed by atoms with Crippen LogP contribution in [0, 0.1) is 0 Å². The highest BCUT2D eigenvalue weighted by molar-refractivity contribution is 5.35. The van der Waals surface area contributed by atoms with Crippen molar-refractivity contribution in [1.82, 2.24) is 9.78 Å². The van der Waals surface area contributed by atoms with Crippen LogP contribution in [0.5, 0.6) is 0 Å². The molecule has 0 aliphatic carbocycles. The van der Waals surface area contributed by atoms with Crippen LogP contribution in [0.2, 0.25) is 0 Å². The summed E-state index contributed by atoms with van der Waals surface area (Å²) in [7, 11) is 1.79. The highest BCUT2D eigenvalue weighted by Crippen LogP contribution is 2.30. The van der Waals surface area contributed by atoms with Gasteiger partial charge in [-0.25, -0.2) is 0 Å². The van der Waals surface area contributed by atoms with Crippen LogP contribution < -0.4 is 5.73 Å². The minimum Gasteiger partial charge on any atom is -0.320 e. The molecule has 0 saturated heterocycles. The smallest absolute Gasteiger partial charge is 0.320 e. The molecule has 0 saturated carbocycles. The first kappa shape index (κ1) is 14.6. The zero-order valence-corrected chi connectivity index (χ0v) is 11.3. The number of aryl methyl sites for hydroxylation is 2. The van der Waals surface area contributed by atoms with E-state index >= 15 is 0 Å². The van der Waals surface area contributed by atoms with Crippen molar-refractivity contribution in [2.24, 2.45) is 12.8 Å². The van der Waals surface area contributed by atoms with Gasteiger partial charge in [-0.1, -0.05) is 19.1 Å². The SMILES string of the molecule is CCc1nn(C)cc1C(N)c1ccc(C(F)(F)F)cc1. The maximum Gasteiger partial charge on any atom is 0.416 e. The summed E-state index contributed by atoms with van der Waals surface area (Å²) in [5.74, 6) is 0. The van der Waals surface area contributed by atoms with E-state index in [0.29, 0.717) is 5.56 Å². The van der Waals surface area contributed by atoms with E-state index in [0.717, 1.165) is 29.8 Å². The summed E-state index contributed by atoms with van der Waals surface area (Å²) >= 11 is 0. The number of hydrogen-bond acceptors (Lipinski definition) is 2. The van der Waals surface area contributed by atoms with Crippen LogP contribution in [-0.2, 0) is 19.6 Å². The highest BCUT2D eigenvalue weighted by atomic mass is 19.4. The first-order valence-corrected chi connectivity index (χ1v) is 6.28. The van der Waals surface area contributed by atoms with Crippen molar-refractivity contribution < 1.29 is 13.2 Å². The third kappa shape index (κ3) is 2.85. The number of alkyl halides is 3. The molecule has 2 N–H and O–H groups in total. The minimum atomic E-state index is -4.33. The first-order chi connectivity index (χ1) is 9.32. The van der Waals surface area contributed by atoms with Gasteiger partial charge in [-0.3, -0.25) is 4.68 Å². The number of halogens is 3. The van der Waals surface area contributed by atoms with Crippen LogP contribution in [0.1, 0.15) is 35.3 Å². The summed E-state index contributed by atoms with van der Waals surface area (Å²) in [4.78, 5) is 0. The number of aromatic nitrogens is 2. The molecular formula is C14H16F3N3. The average Bonchev–Trinajstić information content (AvgIpc) is 2.78. The second-order valence-corrected chi connectivity index (χ2v) is 4.66. The Labute approximate surface area is 115 Å². The lowest BCUT2D eigenvalue weighted by atomic mass is 9.98. The summed E-state index contributed by atoms with van der Waals surface area (Å²) in [5, 5.41) is 4.29. The maximum atomic E-state index is 12.5. The molecule has 6 heteroatoms. The van der Waals surface area contributed by atoms with Crippen LogP contribution in [0.4, 0.5) is 13.2 Å². The van der Waals surface area contributed by atoms with Crippen molar-refractivity contribution >= 4 is 0 Å². The van der Waals surface area contributed by atoms with Gasteiger partial charge in [0.2, 0.25) is 0 Å². The van der Waals surface area contributed by atoms with Crippen molar-refractivity contribution in [3.8, 4) is 0 Å². The molecule has 1 atom stereocenters. The third-order valence-corrected chi connectivity index (χ3v) is 3.20. The Kier molecular flexibility index (Phi) is 3.85. The summed E-state index contributed by atoms with van der Waals surface area (Å²) < 4.78 is 39.2. The van der Waals surface area contributed by atoms with Gasteiger partial charge in [0.25, 0.3) is 0 Å². The zero-order valence-electron chi connectivity index (χ0n) is 11.3. The number of nitrogens with two attached hydrogens (primary N) is 1. The van der Waals surface area contributed by atoms with Crippen molar-refractivity contribution in [3.63, 3.8) is 0 Å². The van der Waals surface area contributed by atoms with Crippen LogP contribution in [0.15, 0.2) is 30.5 Å². The molecule has 2 aromatic rings. The molecule has 0 radical (unpaired) electrons. The molecule has 0 bridgehead atoms. The van der Waals surface area contributed by atoms with E-state index in [2.05, 4.69) is 5.10 Å². The van der Waals surface area contributed by atoms with Gasteiger partial charge in [0, 0.05) is 18.8 Å². The topological polar surface area (TPSA) is 43.8 Å². The van der Waals surface area contributed by atoms with Crippen LogP contribution in [0.3, 0.4) is 0 Å². The molecule has 1 aromatic carbocycles. The van der Waals surface area contributed by atoms with Crippen molar-refractivity contribution in [3.05, 3.63) is 52.8 Å². The molecule has 1 aromatic heterocycles. The molecule has 108 valence electrons. The van der Waals surface area contributed by atoms with E-state index in [1.807, 2.05) is 6.92 Å². The Balaban J connectivity index is 2.31. The molecule has 2 rings (SSSR count). The molecule has 0 spiro atoms. The van der Waals surface area contributed by atoms with Crippen LogP contribution in [0.25, 0.3) is 0 Å². The standard InChI is InChI=1S/C14H16F3N3/c1-3-12-11(8-20(2)19-12)13(18)9-4-6-10(7-5-9)14(15,16)17/h4-8,13H,3,18H2,1-2H3. The molecule has 0 aliphatic rings. The van der Waals surface area contributed by atoms with E-state index in [1.165, 1.54) is 12.1 Å². The van der Waals surface area contributed by atoms with Crippen molar-refractivity contribution in [2.75, 3.05) is 0 Å². The number of benzene rings is 1. The third-order valence-electron chi connectivity index (χ3n) is 3.20. The molecule has 0 aliphatic heterocycles. The quantitative estimate of drug-likeness (QED) is 0.941. The Bertz CT molecular complexity index is 585. The number of rotatable bonds is 3. The van der Waals surface area contributed by atoms with Gasteiger partial charge in [-0.15, -0.1) is 0 Å². The fourth-order valence-corrected chi connectivity index (χ4v) is 2.15. The fourth-order valence-electron chi connectivity index (χ4n) is 2.15. The lowest BCUT2D eigenvalue weighted by molar-refractivity contribution is -0.137. The van der Waals surface area contributed by atoms with E-state index < -0.39 is 17.8 Å². The fraction of sp³-hybridized carbons (Fsp3) is 0.357. The van der Waals surface area contributed by atoms with Gasteiger partial charge in [-0.05, 0) is 24.1 Å². The molecular weight excluding hydrogens is 267 g/mol. The Morgan fingerprint density at radius 2 is 1.85 bits per heavy atom. The molecule has 0 amide bonds. The summed E-state index contributed by atoms with van der Waals surface area (Å²) in [6.45, 7) is 1.96. The average molecular weight is 283 g/mol. The lowest BCUT2D eigenvalue weighted by Gasteiger charge is -2.13. The second-order valence-electron chi connectivity index (χ2n) is 4.66. The van der Waals surface area contributed by atoms with E-state index in [-0.39, 0.29) is 0 Å². The molecule has 20 heavy (non-hydrogen) atoms. The molecule has 0 fully saturated rings. The number of hydrogen-bond donors (Lipinski definition) is 1. The largest absolute Gasteiger partial charge is 0.416 e. The summed E-state index contributed by atoms with van der Waals surface area (Å²) in [5.41, 5.74) is 7.80. The van der Waals surface area contributed by atoms with Crippen LogP contribution >= 0.6 is 0 Å². The summed E-state index contributed by atoms with van der Waals surface area (Å²) in [6, 6.07) is 4.47. The molecule has 1 unspecified atom stereocenters. The van der Waals surface area contributed by atoms with Gasteiger partial charge in [0.15, 0.2) is 0 Å². The van der Waals surface area contributed by atoms with E-state index in [4.69, 9.17) is 5.73 Å². The zero-order chi connectivity index (χ0) is 14.9. The predicted molar refractivity (Wildman–Crippen MR) is 70.1 cm³/mol. The molecule has 3 nitrogen and oxygen atoms in total. The first-order valence-electron chi connectivity index (χ1n) is 6.28. The van der Waals surface area contributed by atoms with E-state index in [9.17, 15) is 13.2 Å². The molecule has 1 heterocycles. The van der Waals surface area contributed by atoms with Crippen molar-refractivity contribution in [1.29, 1.82) is 0 Å². The minimum absolute atomic E-state index is 0.471. The highest BCUT2D eigenvalue weighted by Gasteiger charge is 2.30. The van der Waals surface area contributed by atoms with E-state index in [1.54, 1.807) is 17.9 Å². The Hall–Kier alpha value is -1.82. The monoisotopic (exact) mass is 283 g/mol. The Morgan fingerprint density at radius 3 is 2.35 bits per heavy atom. The van der Waals surface area contributed by atoms with Gasteiger partial charge < -0.3 is 5.73 Å². The van der Waals surface area contributed by atoms with Gasteiger partial charge >= 0.3 is 6.18 Å². The van der Waals surface area contributed by atoms with Crippen LogP contribution in [-0.4, -0.2) is 9.78 Å².